The molecule has 0 heterocycles. The third-order valence-corrected chi connectivity index (χ3v) is 2.21. The first-order valence-electron chi connectivity index (χ1n) is 5.28. The Hall–Kier alpha value is -1.51. The van der Waals surface area contributed by atoms with Crippen LogP contribution in [0.2, 0.25) is 0 Å². The molecule has 0 saturated carbocycles. The van der Waals surface area contributed by atoms with Gasteiger partial charge in [0.25, 0.3) is 0 Å². The number of amides is 2. The van der Waals surface area contributed by atoms with Crippen LogP contribution in [0.25, 0.3) is 0 Å². The quantitative estimate of drug-likeness (QED) is 0.805. The molecule has 1 aromatic carbocycles. The molecule has 3 heteroatoms. The van der Waals surface area contributed by atoms with E-state index in [0.717, 1.165) is 18.5 Å². The lowest BCUT2D eigenvalue weighted by atomic mass is 10.2. The molecule has 15 heavy (non-hydrogen) atoms. The van der Waals surface area contributed by atoms with E-state index in [2.05, 4.69) is 12.2 Å². The van der Waals surface area contributed by atoms with Gasteiger partial charge in [-0.15, -0.1) is 0 Å². The maximum Gasteiger partial charge on any atom is 0.317 e. The molecule has 0 bridgehead atoms. The van der Waals surface area contributed by atoms with Gasteiger partial charge in [-0.1, -0.05) is 37.3 Å². The Morgan fingerprint density at radius 2 is 2.00 bits per heavy atom. The summed E-state index contributed by atoms with van der Waals surface area (Å²) < 4.78 is 0. The summed E-state index contributed by atoms with van der Waals surface area (Å²) in [6.45, 7) is 3.53. The van der Waals surface area contributed by atoms with E-state index in [0.29, 0.717) is 6.54 Å². The Labute approximate surface area is 91.1 Å². The van der Waals surface area contributed by atoms with Crippen molar-refractivity contribution in [3.63, 3.8) is 0 Å². The molecule has 1 rings (SSSR count). The summed E-state index contributed by atoms with van der Waals surface area (Å²) >= 11 is 0. The van der Waals surface area contributed by atoms with Crippen LogP contribution in [0.15, 0.2) is 30.3 Å². The third-order valence-electron chi connectivity index (χ3n) is 2.21. The highest BCUT2D eigenvalue weighted by atomic mass is 16.2. The van der Waals surface area contributed by atoms with Crippen molar-refractivity contribution in [2.45, 2.75) is 19.9 Å². The van der Waals surface area contributed by atoms with Crippen LogP contribution >= 0.6 is 0 Å². The van der Waals surface area contributed by atoms with Crippen LogP contribution < -0.4 is 5.32 Å². The van der Waals surface area contributed by atoms with Gasteiger partial charge in [-0.05, 0) is 12.0 Å². The predicted molar refractivity (Wildman–Crippen MR) is 61.6 cm³/mol. The van der Waals surface area contributed by atoms with E-state index >= 15 is 0 Å². The summed E-state index contributed by atoms with van der Waals surface area (Å²) in [5.41, 5.74) is 1.16. The number of carbonyl (C=O) groups is 1. The predicted octanol–water partition coefficient (Wildman–Crippen LogP) is 2.24. The van der Waals surface area contributed by atoms with Crippen molar-refractivity contribution in [3.05, 3.63) is 35.9 Å². The van der Waals surface area contributed by atoms with Gasteiger partial charge in [-0.25, -0.2) is 4.79 Å². The molecule has 0 aliphatic carbocycles. The van der Waals surface area contributed by atoms with Crippen molar-refractivity contribution in [1.82, 2.24) is 10.2 Å². The van der Waals surface area contributed by atoms with Gasteiger partial charge in [0, 0.05) is 20.1 Å². The topological polar surface area (TPSA) is 32.3 Å². The summed E-state index contributed by atoms with van der Waals surface area (Å²) in [6.07, 6.45) is 0.972. The van der Waals surface area contributed by atoms with Crippen LogP contribution in [0.4, 0.5) is 4.79 Å². The molecule has 0 aliphatic heterocycles. The summed E-state index contributed by atoms with van der Waals surface area (Å²) in [4.78, 5) is 13.3. The van der Waals surface area contributed by atoms with Crippen LogP contribution in [0.5, 0.6) is 0 Å². The van der Waals surface area contributed by atoms with E-state index in [-0.39, 0.29) is 6.03 Å². The molecule has 3 nitrogen and oxygen atoms in total. The lowest BCUT2D eigenvalue weighted by Crippen LogP contribution is -2.37. The minimum absolute atomic E-state index is 0.0132. The molecular formula is C12H18N2O. The molecule has 1 N–H and O–H groups in total. The molecule has 0 radical (unpaired) electrons. The standard InChI is InChI=1S/C12H18N2O/c1-3-9-14(12(15)13-2)10-11-7-5-4-6-8-11/h4-8H,3,9-10H2,1-2H3,(H,13,15). The average molecular weight is 206 g/mol. The third kappa shape index (κ3) is 3.62. The maximum absolute atomic E-state index is 11.5. The zero-order chi connectivity index (χ0) is 11.1. The number of urea groups is 1. The van der Waals surface area contributed by atoms with Crippen molar-refractivity contribution in [2.75, 3.05) is 13.6 Å². The number of nitrogens with zero attached hydrogens (tertiary/aromatic N) is 1. The second-order valence-corrected chi connectivity index (χ2v) is 3.46. The number of hydrogen-bond donors (Lipinski definition) is 1. The summed E-state index contributed by atoms with van der Waals surface area (Å²) in [5.74, 6) is 0. The fourth-order valence-electron chi connectivity index (χ4n) is 1.48. The highest BCUT2D eigenvalue weighted by Gasteiger charge is 2.10. The van der Waals surface area contributed by atoms with Gasteiger partial charge >= 0.3 is 6.03 Å². The minimum atomic E-state index is -0.0132. The van der Waals surface area contributed by atoms with Gasteiger partial charge in [-0.3, -0.25) is 0 Å². The first-order chi connectivity index (χ1) is 7.27. The van der Waals surface area contributed by atoms with Gasteiger partial charge < -0.3 is 10.2 Å². The average Bonchev–Trinajstić information content (AvgIpc) is 2.29. The van der Waals surface area contributed by atoms with Crippen LogP contribution in [0, 0.1) is 0 Å². The van der Waals surface area contributed by atoms with Crippen molar-refractivity contribution in [3.8, 4) is 0 Å². The fourth-order valence-corrected chi connectivity index (χ4v) is 1.48. The SMILES string of the molecule is CCCN(Cc1ccccc1)C(=O)NC. The second-order valence-electron chi connectivity index (χ2n) is 3.46. The van der Waals surface area contributed by atoms with Gasteiger partial charge in [0.2, 0.25) is 0 Å². The molecule has 1 aromatic rings. The number of rotatable bonds is 4. The van der Waals surface area contributed by atoms with E-state index < -0.39 is 0 Å². The van der Waals surface area contributed by atoms with Crippen LogP contribution in [-0.2, 0) is 6.54 Å². The molecule has 0 aliphatic rings. The van der Waals surface area contributed by atoms with Crippen molar-refractivity contribution < 1.29 is 4.79 Å². The number of hydrogen-bond acceptors (Lipinski definition) is 1. The maximum atomic E-state index is 11.5. The van der Waals surface area contributed by atoms with E-state index in [9.17, 15) is 4.79 Å². The molecule has 0 aromatic heterocycles. The van der Waals surface area contributed by atoms with Crippen molar-refractivity contribution in [2.24, 2.45) is 0 Å². The lowest BCUT2D eigenvalue weighted by molar-refractivity contribution is 0.197. The summed E-state index contributed by atoms with van der Waals surface area (Å²) in [5, 5.41) is 2.66. The van der Waals surface area contributed by atoms with E-state index in [4.69, 9.17) is 0 Å². The van der Waals surface area contributed by atoms with Crippen LogP contribution in [0.3, 0.4) is 0 Å². The highest BCUT2D eigenvalue weighted by Crippen LogP contribution is 2.05. The van der Waals surface area contributed by atoms with Gasteiger partial charge in [-0.2, -0.15) is 0 Å². The molecular weight excluding hydrogens is 188 g/mol. The minimum Gasteiger partial charge on any atom is -0.341 e. The van der Waals surface area contributed by atoms with E-state index in [1.54, 1.807) is 7.05 Å². The Morgan fingerprint density at radius 3 is 2.53 bits per heavy atom. The Kier molecular flexibility index (Phi) is 4.68. The highest BCUT2D eigenvalue weighted by molar-refractivity contribution is 5.73. The number of benzene rings is 1. The van der Waals surface area contributed by atoms with Gasteiger partial charge in [0.05, 0.1) is 0 Å². The zero-order valence-electron chi connectivity index (χ0n) is 9.36. The van der Waals surface area contributed by atoms with Gasteiger partial charge in [0.15, 0.2) is 0 Å². The first kappa shape index (κ1) is 11.6. The van der Waals surface area contributed by atoms with Crippen LogP contribution in [-0.4, -0.2) is 24.5 Å². The Morgan fingerprint density at radius 1 is 1.33 bits per heavy atom. The largest absolute Gasteiger partial charge is 0.341 e. The molecule has 0 unspecified atom stereocenters. The van der Waals surface area contributed by atoms with E-state index in [1.165, 1.54) is 0 Å². The number of carbonyl (C=O) groups excluding carboxylic acids is 1. The molecule has 2 amide bonds. The first-order valence-corrected chi connectivity index (χ1v) is 5.28. The monoisotopic (exact) mass is 206 g/mol. The Bertz CT molecular complexity index is 298. The normalized spacial score (nSPS) is 9.73. The second kappa shape index (κ2) is 6.06. The van der Waals surface area contributed by atoms with E-state index in [1.807, 2.05) is 35.2 Å². The van der Waals surface area contributed by atoms with Crippen LogP contribution in [0.1, 0.15) is 18.9 Å². The smallest absolute Gasteiger partial charge is 0.317 e. The zero-order valence-corrected chi connectivity index (χ0v) is 9.36. The fraction of sp³-hybridized carbons (Fsp3) is 0.417. The summed E-state index contributed by atoms with van der Waals surface area (Å²) in [7, 11) is 1.66. The molecule has 0 atom stereocenters. The van der Waals surface area contributed by atoms with Crippen molar-refractivity contribution >= 4 is 6.03 Å². The molecule has 82 valence electrons. The molecule has 0 spiro atoms. The Balaban J connectivity index is 2.62. The lowest BCUT2D eigenvalue weighted by Gasteiger charge is -2.21. The molecule has 0 fully saturated rings. The molecule has 0 saturated heterocycles. The van der Waals surface area contributed by atoms with Gasteiger partial charge in [0.1, 0.15) is 0 Å². The summed E-state index contributed by atoms with van der Waals surface area (Å²) in [6, 6.07) is 10.0. The van der Waals surface area contributed by atoms with Crippen molar-refractivity contribution in [1.29, 1.82) is 0 Å². The number of nitrogens with one attached hydrogen (secondary N) is 1.